The average Bonchev–Trinajstić information content (AvgIpc) is 2.88. The summed E-state index contributed by atoms with van der Waals surface area (Å²) in [6.07, 6.45) is 0.856. The minimum absolute atomic E-state index is 0.138. The van der Waals surface area contributed by atoms with Crippen LogP contribution in [0.25, 0.3) is 0 Å². The van der Waals surface area contributed by atoms with Gasteiger partial charge in [-0.15, -0.1) is 0 Å². The predicted octanol–water partition coefficient (Wildman–Crippen LogP) is 2.59. The number of aliphatic hydroxyl groups is 1. The second kappa shape index (κ2) is 5.33. The minimum Gasteiger partial charge on any atom is -0.489 e. The molecule has 0 fully saturated rings. The van der Waals surface area contributed by atoms with Gasteiger partial charge in [-0.2, -0.15) is 0 Å². The maximum absolute atomic E-state index is 9.17. The fourth-order valence-corrected chi connectivity index (χ4v) is 2.36. The van der Waals surface area contributed by atoms with E-state index in [-0.39, 0.29) is 12.6 Å². The van der Waals surface area contributed by atoms with Crippen molar-refractivity contribution in [3.63, 3.8) is 0 Å². The molecule has 0 saturated carbocycles. The first kappa shape index (κ1) is 12.1. The molecule has 0 bridgehead atoms. The number of hydrogen-bond acceptors (Lipinski definition) is 3. The SMILES string of the molecule is OCC1Cc2cc(OCc3ccccc3)ccc2N1. The second-order valence-electron chi connectivity index (χ2n) is 4.82. The van der Waals surface area contributed by atoms with E-state index in [0.717, 1.165) is 23.4 Å². The Morgan fingerprint density at radius 2 is 2.00 bits per heavy atom. The molecule has 0 amide bonds. The Morgan fingerprint density at radius 1 is 1.16 bits per heavy atom. The summed E-state index contributed by atoms with van der Waals surface area (Å²) in [5.74, 6) is 0.878. The van der Waals surface area contributed by atoms with Crippen LogP contribution in [0.15, 0.2) is 48.5 Å². The Balaban J connectivity index is 1.67. The van der Waals surface area contributed by atoms with E-state index in [0.29, 0.717) is 6.61 Å². The number of aliphatic hydroxyl groups excluding tert-OH is 1. The Bertz CT molecular complexity index is 554. The van der Waals surface area contributed by atoms with E-state index < -0.39 is 0 Å². The topological polar surface area (TPSA) is 41.5 Å². The van der Waals surface area contributed by atoms with Gasteiger partial charge in [0.1, 0.15) is 12.4 Å². The molecule has 0 aromatic heterocycles. The number of anilines is 1. The van der Waals surface area contributed by atoms with Gasteiger partial charge in [0.15, 0.2) is 0 Å². The Morgan fingerprint density at radius 3 is 2.79 bits per heavy atom. The summed E-state index contributed by atoms with van der Waals surface area (Å²) in [5, 5.41) is 12.4. The first-order valence-corrected chi connectivity index (χ1v) is 6.52. The van der Waals surface area contributed by atoms with Gasteiger partial charge in [0.2, 0.25) is 0 Å². The summed E-state index contributed by atoms with van der Waals surface area (Å²) in [5.41, 5.74) is 3.48. The first-order chi connectivity index (χ1) is 9.35. The lowest BCUT2D eigenvalue weighted by Crippen LogP contribution is -2.19. The number of ether oxygens (including phenoxy) is 1. The summed E-state index contributed by atoms with van der Waals surface area (Å²) >= 11 is 0. The molecule has 0 aliphatic carbocycles. The normalized spacial score (nSPS) is 16.8. The average molecular weight is 255 g/mol. The van der Waals surface area contributed by atoms with Gasteiger partial charge in [-0.05, 0) is 35.7 Å². The van der Waals surface area contributed by atoms with Gasteiger partial charge in [-0.3, -0.25) is 0 Å². The molecular weight excluding hydrogens is 238 g/mol. The van der Waals surface area contributed by atoms with Crippen molar-refractivity contribution in [2.24, 2.45) is 0 Å². The molecule has 3 rings (SSSR count). The zero-order chi connectivity index (χ0) is 13.1. The first-order valence-electron chi connectivity index (χ1n) is 6.52. The van der Waals surface area contributed by atoms with Crippen LogP contribution in [0, 0.1) is 0 Å². The van der Waals surface area contributed by atoms with Gasteiger partial charge >= 0.3 is 0 Å². The highest BCUT2D eigenvalue weighted by Crippen LogP contribution is 2.29. The van der Waals surface area contributed by atoms with Crippen LogP contribution in [0.5, 0.6) is 5.75 Å². The molecule has 98 valence electrons. The maximum atomic E-state index is 9.17. The summed E-state index contributed by atoms with van der Waals surface area (Å²) in [6, 6.07) is 16.3. The van der Waals surface area contributed by atoms with Crippen molar-refractivity contribution in [2.45, 2.75) is 19.1 Å². The van der Waals surface area contributed by atoms with E-state index >= 15 is 0 Å². The summed E-state index contributed by atoms with van der Waals surface area (Å²) in [7, 11) is 0. The maximum Gasteiger partial charge on any atom is 0.120 e. The van der Waals surface area contributed by atoms with E-state index in [9.17, 15) is 0 Å². The second-order valence-corrected chi connectivity index (χ2v) is 4.82. The monoisotopic (exact) mass is 255 g/mol. The summed E-state index contributed by atoms with van der Waals surface area (Å²) in [6.45, 7) is 0.741. The predicted molar refractivity (Wildman–Crippen MR) is 75.4 cm³/mol. The van der Waals surface area contributed by atoms with Crippen LogP contribution in [0.2, 0.25) is 0 Å². The lowest BCUT2D eigenvalue weighted by atomic mass is 10.1. The third-order valence-corrected chi connectivity index (χ3v) is 3.37. The van der Waals surface area contributed by atoms with Crippen LogP contribution in [0.4, 0.5) is 5.69 Å². The van der Waals surface area contributed by atoms with Crippen molar-refractivity contribution in [2.75, 3.05) is 11.9 Å². The number of hydrogen-bond donors (Lipinski definition) is 2. The van der Waals surface area contributed by atoms with Gasteiger partial charge in [-0.1, -0.05) is 30.3 Å². The van der Waals surface area contributed by atoms with E-state index in [1.54, 1.807) is 0 Å². The lowest BCUT2D eigenvalue weighted by Gasteiger charge is -2.08. The fourth-order valence-electron chi connectivity index (χ4n) is 2.36. The summed E-state index contributed by atoms with van der Waals surface area (Å²) in [4.78, 5) is 0. The quantitative estimate of drug-likeness (QED) is 0.882. The zero-order valence-corrected chi connectivity index (χ0v) is 10.7. The lowest BCUT2D eigenvalue weighted by molar-refractivity contribution is 0.277. The highest BCUT2D eigenvalue weighted by Gasteiger charge is 2.19. The van der Waals surface area contributed by atoms with Gasteiger partial charge in [0.05, 0.1) is 12.6 Å². The van der Waals surface area contributed by atoms with Crippen LogP contribution in [-0.4, -0.2) is 17.8 Å². The van der Waals surface area contributed by atoms with Gasteiger partial charge in [0.25, 0.3) is 0 Å². The Kier molecular flexibility index (Phi) is 3.38. The zero-order valence-electron chi connectivity index (χ0n) is 10.7. The molecule has 3 heteroatoms. The minimum atomic E-state index is 0.138. The number of nitrogens with one attached hydrogen (secondary N) is 1. The third kappa shape index (κ3) is 2.71. The van der Waals surface area contributed by atoms with Crippen molar-refractivity contribution >= 4 is 5.69 Å². The van der Waals surface area contributed by atoms with E-state index in [1.165, 1.54) is 5.56 Å². The Hall–Kier alpha value is -2.00. The van der Waals surface area contributed by atoms with E-state index in [2.05, 4.69) is 23.5 Å². The van der Waals surface area contributed by atoms with Crippen molar-refractivity contribution in [1.82, 2.24) is 0 Å². The molecule has 2 aromatic rings. The smallest absolute Gasteiger partial charge is 0.120 e. The van der Waals surface area contributed by atoms with Crippen LogP contribution >= 0.6 is 0 Å². The van der Waals surface area contributed by atoms with Crippen molar-refractivity contribution in [3.8, 4) is 5.75 Å². The highest BCUT2D eigenvalue weighted by atomic mass is 16.5. The molecular formula is C16H17NO2. The molecule has 2 N–H and O–H groups in total. The number of benzene rings is 2. The van der Waals surface area contributed by atoms with Gasteiger partial charge < -0.3 is 15.2 Å². The summed E-state index contributed by atoms with van der Waals surface area (Å²) < 4.78 is 5.80. The largest absolute Gasteiger partial charge is 0.489 e. The van der Waals surface area contributed by atoms with Crippen LogP contribution in [0.3, 0.4) is 0 Å². The molecule has 3 nitrogen and oxygen atoms in total. The molecule has 0 saturated heterocycles. The van der Waals surface area contributed by atoms with E-state index in [1.807, 2.05) is 30.3 Å². The van der Waals surface area contributed by atoms with Crippen molar-refractivity contribution < 1.29 is 9.84 Å². The molecule has 2 aromatic carbocycles. The standard InChI is InChI=1S/C16H17NO2/c18-10-14-8-13-9-15(6-7-16(13)17-14)19-11-12-4-2-1-3-5-12/h1-7,9,14,17-18H,8,10-11H2. The molecule has 1 aliphatic rings. The number of rotatable bonds is 4. The van der Waals surface area contributed by atoms with Crippen LogP contribution < -0.4 is 10.1 Å². The highest BCUT2D eigenvalue weighted by molar-refractivity contribution is 5.59. The van der Waals surface area contributed by atoms with Crippen molar-refractivity contribution in [3.05, 3.63) is 59.7 Å². The fraction of sp³-hybridized carbons (Fsp3) is 0.250. The van der Waals surface area contributed by atoms with Crippen molar-refractivity contribution in [1.29, 1.82) is 0 Å². The number of fused-ring (bicyclic) bond motifs is 1. The molecule has 1 heterocycles. The van der Waals surface area contributed by atoms with E-state index in [4.69, 9.17) is 9.84 Å². The van der Waals surface area contributed by atoms with Crippen LogP contribution in [-0.2, 0) is 13.0 Å². The van der Waals surface area contributed by atoms with Crippen LogP contribution in [0.1, 0.15) is 11.1 Å². The molecule has 0 radical (unpaired) electrons. The molecule has 1 atom stereocenters. The molecule has 1 unspecified atom stereocenters. The van der Waals surface area contributed by atoms with Gasteiger partial charge in [-0.25, -0.2) is 0 Å². The molecule has 0 spiro atoms. The molecule has 19 heavy (non-hydrogen) atoms. The van der Waals surface area contributed by atoms with Gasteiger partial charge in [0, 0.05) is 5.69 Å². The Labute approximate surface area is 112 Å². The third-order valence-electron chi connectivity index (χ3n) is 3.37. The molecule has 1 aliphatic heterocycles.